The number of methoxy groups -OCH3 is 2. The van der Waals surface area contributed by atoms with Gasteiger partial charge < -0.3 is 49.2 Å². The van der Waals surface area contributed by atoms with E-state index in [2.05, 4.69) is 0 Å². The number of rotatable bonds is 23. The monoisotopic (exact) mass is 772 g/mol. The van der Waals surface area contributed by atoms with Gasteiger partial charge in [0.15, 0.2) is 0 Å². The summed E-state index contributed by atoms with van der Waals surface area (Å²) in [6.07, 6.45) is 1.34. The SMILES string of the molecule is CCOCCOCCOc1ccc(CCC[C@@H](C(=O)O)N2CCN([C@@H](CO)C(=O)O)CCN([C@@H](CO)C(=O)OC)CCN([C@@H](CO)C(=O)OC)CC2)cc1. The van der Waals surface area contributed by atoms with Crippen LogP contribution in [-0.2, 0) is 44.5 Å². The van der Waals surface area contributed by atoms with E-state index in [1.165, 1.54) is 19.1 Å². The molecule has 5 N–H and O–H groups in total. The molecule has 0 aliphatic carbocycles. The number of hydrogen-bond acceptors (Lipinski definition) is 16. The molecule has 1 aliphatic heterocycles. The molecule has 0 amide bonds. The lowest BCUT2D eigenvalue weighted by atomic mass is 10.0. The molecule has 18 heteroatoms. The zero-order chi connectivity index (χ0) is 39.9. The number of aliphatic carboxylic acids is 2. The van der Waals surface area contributed by atoms with Crippen molar-refractivity contribution in [2.45, 2.75) is 50.4 Å². The van der Waals surface area contributed by atoms with Crippen molar-refractivity contribution in [3.8, 4) is 5.75 Å². The molecular formula is C36H60N4O14. The Balaban J connectivity index is 2.27. The van der Waals surface area contributed by atoms with E-state index in [-0.39, 0.29) is 58.8 Å². The summed E-state index contributed by atoms with van der Waals surface area (Å²) in [5.41, 5.74) is 0.985. The minimum Gasteiger partial charge on any atom is -0.491 e. The summed E-state index contributed by atoms with van der Waals surface area (Å²) in [6.45, 7) is 3.05. The molecule has 0 saturated carbocycles. The van der Waals surface area contributed by atoms with Gasteiger partial charge in [-0.1, -0.05) is 12.1 Å². The lowest BCUT2D eigenvalue weighted by Gasteiger charge is -2.39. The summed E-state index contributed by atoms with van der Waals surface area (Å²) in [7, 11) is 2.37. The zero-order valence-corrected chi connectivity index (χ0v) is 31.8. The number of benzene rings is 1. The number of carbonyl (C=O) groups is 4. The number of aryl methyl sites for hydroxylation is 1. The summed E-state index contributed by atoms with van der Waals surface area (Å²) >= 11 is 0. The Morgan fingerprint density at radius 1 is 0.611 bits per heavy atom. The molecule has 1 heterocycles. The highest BCUT2D eigenvalue weighted by Crippen LogP contribution is 2.18. The Morgan fingerprint density at radius 2 is 1.02 bits per heavy atom. The Labute approximate surface area is 317 Å². The van der Waals surface area contributed by atoms with E-state index in [1.54, 1.807) is 14.7 Å². The molecular weight excluding hydrogens is 712 g/mol. The molecule has 0 radical (unpaired) electrons. The van der Waals surface area contributed by atoms with Crippen LogP contribution >= 0.6 is 0 Å². The van der Waals surface area contributed by atoms with Crippen LogP contribution in [0.5, 0.6) is 5.75 Å². The maximum absolute atomic E-state index is 12.8. The number of carbonyl (C=O) groups excluding carboxylic acids is 2. The van der Waals surface area contributed by atoms with Crippen LogP contribution in [0.15, 0.2) is 24.3 Å². The van der Waals surface area contributed by atoms with Gasteiger partial charge in [0.2, 0.25) is 0 Å². The van der Waals surface area contributed by atoms with Gasteiger partial charge in [-0.2, -0.15) is 0 Å². The molecule has 2 rings (SSSR count). The molecule has 54 heavy (non-hydrogen) atoms. The van der Waals surface area contributed by atoms with Gasteiger partial charge in [0.25, 0.3) is 0 Å². The highest BCUT2D eigenvalue weighted by Gasteiger charge is 2.34. The van der Waals surface area contributed by atoms with E-state index in [0.29, 0.717) is 51.6 Å². The lowest BCUT2D eigenvalue weighted by Crippen LogP contribution is -2.57. The molecule has 1 aliphatic rings. The van der Waals surface area contributed by atoms with Crippen molar-refractivity contribution in [2.75, 3.05) is 119 Å². The normalized spacial score (nSPS) is 18.0. The summed E-state index contributed by atoms with van der Waals surface area (Å²) in [5, 5.41) is 50.7. The number of esters is 2. The van der Waals surface area contributed by atoms with E-state index < -0.39 is 67.9 Å². The minimum absolute atomic E-state index is 0.0255. The van der Waals surface area contributed by atoms with Crippen LogP contribution in [0.4, 0.5) is 0 Å². The maximum atomic E-state index is 12.8. The van der Waals surface area contributed by atoms with Gasteiger partial charge in [0, 0.05) is 59.0 Å². The first kappa shape index (κ1) is 46.7. The Kier molecular flexibility index (Phi) is 22.8. The van der Waals surface area contributed by atoms with Gasteiger partial charge in [-0.25, -0.2) is 0 Å². The number of ether oxygens (including phenoxy) is 5. The van der Waals surface area contributed by atoms with Crippen LogP contribution in [-0.4, -0.2) is 213 Å². The second-order valence-corrected chi connectivity index (χ2v) is 12.7. The zero-order valence-electron chi connectivity index (χ0n) is 31.8. The predicted octanol–water partition coefficient (Wildman–Crippen LogP) is -1.37. The third-order valence-corrected chi connectivity index (χ3v) is 9.44. The number of aliphatic hydroxyl groups excluding tert-OH is 3. The Bertz CT molecular complexity index is 1240. The Morgan fingerprint density at radius 3 is 1.43 bits per heavy atom. The van der Waals surface area contributed by atoms with Crippen molar-refractivity contribution >= 4 is 23.9 Å². The van der Waals surface area contributed by atoms with Crippen LogP contribution in [0.1, 0.15) is 25.3 Å². The first-order valence-corrected chi connectivity index (χ1v) is 18.3. The fourth-order valence-electron chi connectivity index (χ4n) is 6.32. The molecule has 0 aromatic heterocycles. The molecule has 308 valence electrons. The van der Waals surface area contributed by atoms with Crippen molar-refractivity contribution in [2.24, 2.45) is 0 Å². The first-order chi connectivity index (χ1) is 26.0. The van der Waals surface area contributed by atoms with E-state index in [4.69, 9.17) is 23.7 Å². The van der Waals surface area contributed by atoms with E-state index in [1.807, 2.05) is 31.2 Å². The first-order valence-electron chi connectivity index (χ1n) is 18.3. The second kappa shape index (κ2) is 26.4. The van der Waals surface area contributed by atoms with Gasteiger partial charge in [0.1, 0.15) is 36.5 Å². The third-order valence-electron chi connectivity index (χ3n) is 9.44. The van der Waals surface area contributed by atoms with Crippen LogP contribution < -0.4 is 4.74 Å². The van der Waals surface area contributed by atoms with Crippen LogP contribution in [0, 0.1) is 0 Å². The number of hydrogen-bond donors (Lipinski definition) is 5. The number of carboxylic acid groups (broad SMARTS) is 2. The smallest absolute Gasteiger partial charge is 0.325 e. The topological polar surface area (TPSA) is 229 Å². The standard InChI is InChI=1S/C36H60N4O14/c1-4-52-20-21-53-22-23-54-28-10-8-27(9-11-28)6-5-7-29(33(44)45)37-12-14-38(30(24-41)34(46)47)15-17-40(32(26-43)36(49)51-3)19-18-39(16-13-37)31(25-42)35(48)50-2/h8-11,29-32,41-43H,4-7,12-26H2,1-3H3,(H,44,45)(H,46,47)/t29-,30-,31-,32-/m0/s1. The fourth-order valence-corrected chi connectivity index (χ4v) is 6.32. The Hall–Kier alpha value is -3.46. The minimum atomic E-state index is -1.32. The summed E-state index contributed by atoms with van der Waals surface area (Å²) in [5.74, 6) is -3.10. The van der Waals surface area contributed by atoms with E-state index >= 15 is 0 Å². The molecule has 18 nitrogen and oxygen atoms in total. The van der Waals surface area contributed by atoms with Gasteiger partial charge >= 0.3 is 23.9 Å². The van der Waals surface area contributed by atoms with Crippen molar-refractivity contribution < 1.29 is 68.4 Å². The molecule has 0 bridgehead atoms. The van der Waals surface area contributed by atoms with Gasteiger partial charge in [0.05, 0.1) is 53.9 Å². The molecule has 1 aromatic rings. The molecule has 4 atom stereocenters. The second-order valence-electron chi connectivity index (χ2n) is 12.7. The number of nitrogens with zero attached hydrogens (tertiary/aromatic N) is 4. The quantitative estimate of drug-likeness (QED) is 0.0639. The van der Waals surface area contributed by atoms with Gasteiger partial charge in [-0.05, 0) is 43.9 Å². The van der Waals surface area contributed by atoms with Crippen molar-refractivity contribution in [1.29, 1.82) is 0 Å². The van der Waals surface area contributed by atoms with Crippen molar-refractivity contribution in [3.63, 3.8) is 0 Å². The maximum Gasteiger partial charge on any atom is 0.325 e. The molecule has 0 spiro atoms. The number of carboxylic acids is 2. The third kappa shape index (κ3) is 15.7. The van der Waals surface area contributed by atoms with Crippen LogP contribution in [0.2, 0.25) is 0 Å². The highest BCUT2D eigenvalue weighted by atomic mass is 16.5. The number of aliphatic hydroxyl groups is 3. The van der Waals surface area contributed by atoms with Gasteiger partial charge in [-0.3, -0.25) is 38.8 Å². The summed E-state index contributed by atoms with van der Waals surface area (Å²) in [6, 6.07) is 3.01. The summed E-state index contributed by atoms with van der Waals surface area (Å²) in [4.78, 5) is 56.7. The average molecular weight is 773 g/mol. The average Bonchev–Trinajstić information content (AvgIpc) is 3.16. The largest absolute Gasteiger partial charge is 0.491 e. The van der Waals surface area contributed by atoms with E-state index in [0.717, 1.165) is 5.56 Å². The summed E-state index contributed by atoms with van der Waals surface area (Å²) < 4.78 is 26.2. The molecule has 0 unspecified atom stereocenters. The van der Waals surface area contributed by atoms with Gasteiger partial charge in [-0.15, -0.1) is 0 Å². The van der Waals surface area contributed by atoms with Crippen LogP contribution in [0.25, 0.3) is 0 Å². The van der Waals surface area contributed by atoms with Crippen molar-refractivity contribution in [1.82, 2.24) is 19.6 Å². The van der Waals surface area contributed by atoms with Crippen LogP contribution in [0.3, 0.4) is 0 Å². The molecule has 1 saturated heterocycles. The highest BCUT2D eigenvalue weighted by molar-refractivity contribution is 5.76. The fraction of sp³-hybridized carbons (Fsp3) is 0.722. The van der Waals surface area contributed by atoms with E-state index in [9.17, 15) is 44.7 Å². The van der Waals surface area contributed by atoms with Crippen molar-refractivity contribution in [3.05, 3.63) is 29.8 Å². The predicted molar refractivity (Wildman–Crippen MR) is 194 cm³/mol. The lowest BCUT2D eigenvalue weighted by molar-refractivity contribution is -0.152. The molecule has 1 fully saturated rings. The molecule has 1 aromatic carbocycles.